The lowest BCUT2D eigenvalue weighted by molar-refractivity contribution is 0.0449. The summed E-state index contributed by atoms with van der Waals surface area (Å²) in [6.07, 6.45) is 3.37. The van der Waals surface area contributed by atoms with E-state index in [1.54, 1.807) is 12.1 Å². The van der Waals surface area contributed by atoms with Crippen molar-refractivity contribution in [1.29, 1.82) is 0 Å². The number of amides is 1. The first kappa shape index (κ1) is 16.2. The molecule has 0 atom stereocenters. The van der Waals surface area contributed by atoms with Crippen molar-refractivity contribution in [2.75, 3.05) is 37.7 Å². The molecular weight excluding hydrogens is 299 g/mol. The van der Waals surface area contributed by atoms with Crippen LogP contribution in [0, 0.1) is 5.82 Å². The number of ether oxygens (including phenoxy) is 1. The van der Waals surface area contributed by atoms with Crippen LogP contribution in [0.3, 0.4) is 0 Å². The van der Waals surface area contributed by atoms with Crippen LogP contribution in [0.15, 0.2) is 18.2 Å². The molecule has 23 heavy (non-hydrogen) atoms. The fraction of sp³-hybridized carbons (Fsp3) is 0.588. The van der Waals surface area contributed by atoms with Gasteiger partial charge in [0.2, 0.25) is 0 Å². The molecule has 1 aromatic rings. The van der Waals surface area contributed by atoms with Gasteiger partial charge in [0.1, 0.15) is 5.82 Å². The third-order valence-corrected chi connectivity index (χ3v) is 4.67. The maximum absolute atomic E-state index is 14.3. The molecule has 126 valence electrons. The number of benzene rings is 1. The van der Waals surface area contributed by atoms with E-state index in [1.165, 1.54) is 6.07 Å². The summed E-state index contributed by atoms with van der Waals surface area (Å²) in [6, 6.07) is 4.53. The molecular formula is C17H23FN2O3. The summed E-state index contributed by atoms with van der Waals surface area (Å²) in [5, 5.41) is 13.0. The number of hydrogen-bond acceptors (Lipinski definition) is 4. The van der Waals surface area contributed by atoms with Gasteiger partial charge in [-0.25, -0.2) is 4.39 Å². The summed E-state index contributed by atoms with van der Waals surface area (Å²) in [7, 11) is 0. The molecule has 0 aromatic heterocycles. The number of carbonyl (C=O) groups is 1. The largest absolute Gasteiger partial charge is 0.388 e. The van der Waals surface area contributed by atoms with E-state index in [4.69, 9.17) is 4.74 Å². The van der Waals surface area contributed by atoms with Gasteiger partial charge in [-0.05, 0) is 31.0 Å². The molecule has 3 rings (SSSR count). The average molecular weight is 322 g/mol. The molecule has 1 saturated carbocycles. The van der Waals surface area contributed by atoms with Gasteiger partial charge < -0.3 is 20.1 Å². The number of nitrogens with one attached hydrogen (secondary N) is 1. The quantitative estimate of drug-likeness (QED) is 0.886. The second-order valence-electron chi connectivity index (χ2n) is 6.38. The van der Waals surface area contributed by atoms with Gasteiger partial charge in [-0.15, -0.1) is 0 Å². The van der Waals surface area contributed by atoms with E-state index in [0.29, 0.717) is 44.8 Å². The fourth-order valence-electron chi connectivity index (χ4n) is 3.27. The lowest BCUT2D eigenvalue weighted by Crippen LogP contribution is -2.40. The standard InChI is InChI=1S/C17H23FN2O3/c18-14-11-13(3-4-15(14)20-7-9-23-10-8-20)16(21)19-12-17(22)5-1-2-6-17/h3-4,11,22H,1-2,5-10,12H2,(H,19,21). The Morgan fingerprint density at radius 1 is 1.30 bits per heavy atom. The highest BCUT2D eigenvalue weighted by molar-refractivity contribution is 5.94. The number of anilines is 1. The summed E-state index contributed by atoms with van der Waals surface area (Å²) in [6.45, 7) is 2.68. The number of hydrogen-bond donors (Lipinski definition) is 2. The van der Waals surface area contributed by atoms with E-state index in [-0.39, 0.29) is 18.0 Å². The van der Waals surface area contributed by atoms with Crippen LogP contribution in [0.4, 0.5) is 10.1 Å². The van der Waals surface area contributed by atoms with Crippen LogP contribution < -0.4 is 10.2 Å². The first-order valence-corrected chi connectivity index (χ1v) is 8.20. The molecule has 0 bridgehead atoms. The van der Waals surface area contributed by atoms with Gasteiger partial charge in [0.25, 0.3) is 5.91 Å². The molecule has 5 nitrogen and oxygen atoms in total. The zero-order valence-corrected chi connectivity index (χ0v) is 13.2. The fourth-order valence-corrected chi connectivity index (χ4v) is 3.27. The predicted octanol–water partition coefficient (Wildman–Crippen LogP) is 1.70. The zero-order valence-electron chi connectivity index (χ0n) is 13.2. The van der Waals surface area contributed by atoms with Crippen LogP contribution in [0.1, 0.15) is 36.0 Å². The SMILES string of the molecule is O=C(NCC1(O)CCCC1)c1ccc(N2CCOCC2)c(F)c1. The van der Waals surface area contributed by atoms with Gasteiger partial charge in [0.15, 0.2) is 0 Å². The van der Waals surface area contributed by atoms with Crippen molar-refractivity contribution in [1.82, 2.24) is 5.32 Å². The second-order valence-corrected chi connectivity index (χ2v) is 6.38. The molecule has 6 heteroatoms. The Hall–Kier alpha value is -1.66. The van der Waals surface area contributed by atoms with E-state index >= 15 is 0 Å². The first-order valence-electron chi connectivity index (χ1n) is 8.20. The number of nitrogens with zero attached hydrogens (tertiary/aromatic N) is 1. The van der Waals surface area contributed by atoms with E-state index in [0.717, 1.165) is 12.8 Å². The number of rotatable bonds is 4. The summed E-state index contributed by atoms with van der Waals surface area (Å²) in [5.41, 5.74) is -0.0255. The molecule has 1 heterocycles. The highest BCUT2D eigenvalue weighted by atomic mass is 19.1. The van der Waals surface area contributed by atoms with Gasteiger partial charge in [-0.3, -0.25) is 4.79 Å². The monoisotopic (exact) mass is 322 g/mol. The van der Waals surface area contributed by atoms with Crippen LogP contribution in [0.2, 0.25) is 0 Å². The van der Waals surface area contributed by atoms with E-state index in [2.05, 4.69) is 5.32 Å². The molecule has 2 fully saturated rings. The molecule has 1 aliphatic heterocycles. The topological polar surface area (TPSA) is 61.8 Å². The van der Waals surface area contributed by atoms with Gasteiger partial charge >= 0.3 is 0 Å². The average Bonchev–Trinajstić information content (AvgIpc) is 3.00. The third-order valence-electron chi connectivity index (χ3n) is 4.67. The van der Waals surface area contributed by atoms with Crippen LogP contribution in [0.25, 0.3) is 0 Å². The number of morpholine rings is 1. The maximum Gasteiger partial charge on any atom is 0.251 e. The number of halogens is 1. The number of carbonyl (C=O) groups excluding carboxylic acids is 1. The van der Waals surface area contributed by atoms with Crippen LogP contribution in [-0.4, -0.2) is 49.5 Å². The van der Waals surface area contributed by atoms with Crippen molar-refractivity contribution in [2.45, 2.75) is 31.3 Å². The molecule has 1 aliphatic carbocycles. The summed E-state index contributed by atoms with van der Waals surface area (Å²) in [5.74, 6) is -0.753. The van der Waals surface area contributed by atoms with Gasteiger partial charge in [0, 0.05) is 25.2 Å². The summed E-state index contributed by atoms with van der Waals surface area (Å²) >= 11 is 0. The lowest BCUT2D eigenvalue weighted by Gasteiger charge is -2.29. The van der Waals surface area contributed by atoms with E-state index < -0.39 is 11.4 Å². The lowest BCUT2D eigenvalue weighted by atomic mass is 10.0. The Morgan fingerprint density at radius 3 is 2.65 bits per heavy atom. The number of aliphatic hydroxyl groups is 1. The van der Waals surface area contributed by atoms with Crippen molar-refractivity contribution in [3.63, 3.8) is 0 Å². The minimum atomic E-state index is -0.804. The van der Waals surface area contributed by atoms with Crippen molar-refractivity contribution >= 4 is 11.6 Å². The van der Waals surface area contributed by atoms with E-state index in [1.807, 2.05) is 4.90 Å². The highest BCUT2D eigenvalue weighted by Gasteiger charge is 2.31. The van der Waals surface area contributed by atoms with Crippen LogP contribution in [-0.2, 0) is 4.74 Å². The van der Waals surface area contributed by atoms with Crippen LogP contribution in [0.5, 0.6) is 0 Å². The van der Waals surface area contributed by atoms with Crippen molar-refractivity contribution in [3.05, 3.63) is 29.6 Å². The van der Waals surface area contributed by atoms with E-state index in [9.17, 15) is 14.3 Å². The Balaban J connectivity index is 1.63. The third kappa shape index (κ3) is 3.82. The Labute approximate surface area is 135 Å². The van der Waals surface area contributed by atoms with Crippen molar-refractivity contribution in [2.24, 2.45) is 0 Å². The van der Waals surface area contributed by atoms with Crippen molar-refractivity contribution < 1.29 is 19.0 Å². The molecule has 0 spiro atoms. The molecule has 1 aromatic carbocycles. The van der Waals surface area contributed by atoms with Gasteiger partial charge in [-0.2, -0.15) is 0 Å². The minimum Gasteiger partial charge on any atom is -0.388 e. The molecule has 2 N–H and O–H groups in total. The molecule has 1 amide bonds. The summed E-state index contributed by atoms with van der Waals surface area (Å²) < 4.78 is 19.6. The predicted molar refractivity (Wildman–Crippen MR) is 85.2 cm³/mol. The Bertz CT molecular complexity index is 567. The molecule has 2 aliphatic rings. The first-order chi connectivity index (χ1) is 11.1. The second kappa shape index (κ2) is 6.84. The van der Waals surface area contributed by atoms with Crippen LogP contribution >= 0.6 is 0 Å². The highest BCUT2D eigenvalue weighted by Crippen LogP contribution is 2.28. The Morgan fingerprint density at radius 2 is 2.00 bits per heavy atom. The van der Waals surface area contributed by atoms with Gasteiger partial charge in [-0.1, -0.05) is 12.8 Å². The normalized spacial score (nSPS) is 20.5. The minimum absolute atomic E-state index is 0.221. The molecule has 0 unspecified atom stereocenters. The van der Waals surface area contributed by atoms with Gasteiger partial charge in [0.05, 0.1) is 24.5 Å². The Kier molecular flexibility index (Phi) is 4.82. The maximum atomic E-state index is 14.3. The summed E-state index contributed by atoms with van der Waals surface area (Å²) in [4.78, 5) is 14.1. The molecule has 0 radical (unpaired) electrons. The molecule has 1 saturated heterocycles. The zero-order chi connectivity index (χ0) is 16.3. The smallest absolute Gasteiger partial charge is 0.251 e. The van der Waals surface area contributed by atoms with Crippen molar-refractivity contribution in [3.8, 4) is 0 Å².